The number of benzene rings is 4. The molecule has 4 heteroatoms. The van der Waals surface area contributed by atoms with Gasteiger partial charge in [0.15, 0.2) is 0 Å². The van der Waals surface area contributed by atoms with Crippen LogP contribution in [0.3, 0.4) is 0 Å². The molecule has 0 aliphatic heterocycles. The Morgan fingerprint density at radius 3 is 1.31 bits per heavy atom. The summed E-state index contributed by atoms with van der Waals surface area (Å²) in [5.74, 6) is 2.17. The van der Waals surface area contributed by atoms with Gasteiger partial charge in [0.1, 0.15) is 11.5 Å². The van der Waals surface area contributed by atoms with Crippen LogP contribution in [0.15, 0.2) is 78.9 Å². The van der Waals surface area contributed by atoms with Gasteiger partial charge in [-0.3, -0.25) is 0 Å². The molecule has 0 bridgehead atoms. The second-order valence-electron chi connectivity index (χ2n) is 16.7. The minimum atomic E-state index is -2.26. The third kappa shape index (κ3) is 5.81. The van der Waals surface area contributed by atoms with Crippen molar-refractivity contribution < 1.29 is 8.85 Å². The summed E-state index contributed by atoms with van der Waals surface area (Å²) in [7, 11) is -4.53. The molecule has 1 aliphatic rings. The Morgan fingerprint density at radius 2 is 0.898 bits per heavy atom. The molecule has 2 nitrogen and oxygen atoms in total. The Morgan fingerprint density at radius 1 is 0.510 bits per heavy atom. The fraction of sp³-hybridized carbons (Fsp3) is 0.444. The van der Waals surface area contributed by atoms with E-state index < -0.39 is 16.6 Å². The Kier molecular flexibility index (Phi) is 9.80. The van der Waals surface area contributed by atoms with Gasteiger partial charge in [-0.25, -0.2) is 6.07 Å². The van der Waals surface area contributed by atoms with E-state index in [0.717, 1.165) is 24.3 Å². The van der Waals surface area contributed by atoms with E-state index in [-0.39, 0.29) is 0 Å². The predicted octanol–water partition coefficient (Wildman–Crippen LogP) is 14.0. The summed E-state index contributed by atoms with van der Waals surface area (Å²) in [6.07, 6.45) is 1.72. The van der Waals surface area contributed by atoms with Crippen molar-refractivity contribution >= 4 is 38.2 Å². The van der Waals surface area contributed by atoms with Crippen molar-refractivity contribution in [3.05, 3.63) is 101 Å². The van der Waals surface area contributed by atoms with Crippen LogP contribution in [-0.4, -0.2) is 16.6 Å². The fourth-order valence-electron chi connectivity index (χ4n) is 10.1. The first-order chi connectivity index (χ1) is 23.2. The Balaban J connectivity index is 1.78. The summed E-state index contributed by atoms with van der Waals surface area (Å²) >= 11 is 0. The molecular weight excluding hydrogens is 629 g/mol. The lowest BCUT2D eigenvalue weighted by atomic mass is 9.80. The zero-order valence-electron chi connectivity index (χ0n) is 32.2. The Bertz CT molecular complexity index is 1780. The quantitative estimate of drug-likeness (QED) is 0.105. The molecule has 0 atom stereocenters. The van der Waals surface area contributed by atoms with Crippen LogP contribution in [0.1, 0.15) is 105 Å². The van der Waals surface area contributed by atoms with Crippen molar-refractivity contribution in [1.29, 1.82) is 0 Å². The zero-order valence-corrected chi connectivity index (χ0v) is 34.2. The van der Waals surface area contributed by atoms with Gasteiger partial charge >= 0.3 is 0 Å². The molecule has 0 N–H and O–H groups in total. The van der Waals surface area contributed by atoms with Gasteiger partial charge in [0.25, 0.3) is 16.6 Å². The van der Waals surface area contributed by atoms with E-state index >= 15 is 0 Å². The molecule has 6 rings (SSSR count). The topological polar surface area (TPSA) is 18.5 Å². The molecule has 0 spiro atoms. The predicted molar refractivity (Wildman–Crippen MR) is 218 cm³/mol. The van der Waals surface area contributed by atoms with Gasteiger partial charge in [0.2, 0.25) is 0 Å². The monoisotopic (exact) mass is 687 g/mol. The van der Waals surface area contributed by atoms with Crippen LogP contribution in [0, 0.1) is 0 Å². The number of rotatable bonds is 10. The summed E-state index contributed by atoms with van der Waals surface area (Å²) in [5, 5.41) is 5.09. The van der Waals surface area contributed by atoms with E-state index in [0.29, 0.717) is 33.2 Å². The molecule has 0 fully saturated rings. The van der Waals surface area contributed by atoms with E-state index in [1.165, 1.54) is 54.9 Å². The lowest BCUT2D eigenvalue weighted by molar-refractivity contribution is 0.475. The average Bonchev–Trinajstić information content (AvgIpc) is 3.46. The molecule has 49 heavy (non-hydrogen) atoms. The minimum absolute atomic E-state index is 0.479. The maximum Gasteiger partial charge on any atom is 0.258 e. The molecule has 0 unspecified atom stereocenters. The molecule has 260 valence electrons. The second-order valence-corrected chi connectivity index (χ2v) is 27.4. The highest BCUT2D eigenvalue weighted by molar-refractivity contribution is 6.78. The summed E-state index contributed by atoms with van der Waals surface area (Å²) in [6, 6.07) is 29.7. The Labute approximate surface area is 298 Å². The molecule has 5 aromatic rings. The van der Waals surface area contributed by atoms with E-state index in [9.17, 15) is 0 Å². The molecule has 5 aromatic carbocycles. The van der Waals surface area contributed by atoms with Crippen molar-refractivity contribution in [2.75, 3.05) is 0 Å². The Hall–Kier alpha value is -3.22. The van der Waals surface area contributed by atoms with Crippen molar-refractivity contribution in [3.8, 4) is 22.6 Å². The SMILES string of the molecule is CC(C)[Si](Oc1cc2ccccc2c2c1Cc1cc[cH-]c1Cc1c(O[Si](C(C)C)(C(C)C)C(C)C)cc3ccccc3c1-2)(C(C)C)C(C)C. The molecule has 0 heterocycles. The summed E-state index contributed by atoms with van der Waals surface area (Å²) in [5.41, 5.74) is 11.0. The highest BCUT2D eigenvalue weighted by atomic mass is 28.4. The molecule has 0 radical (unpaired) electrons. The van der Waals surface area contributed by atoms with Gasteiger partial charge in [-0.1, -0.05) is 138 Å². The number of fused-ring (bicyclic) bond motifs is 8. The first kappa shape index (κ1) is 35.6. The molecule has 0 amide bonds. The summed E-state index contributed by atoms with van der Waals surface area (Å²) in [4.78, 5) is 0. The third-order valence-corrected chi connectivity index (χ3v) is 24.2. The highest BCUT2D eigenvalue weighted by Crippen LogP contribution is 2.52. The maximum atomic E-state index is 7.73. The van der Waals surface area contributed by atoms with Gasteiger partial charge in [-0.05, 0) is 90.0 Å². The van der Waals surface area contributed by atoms with Gasteiger partial charge in [0, 0.05) is 5.56 Å². The van der Waals surface area contributed by atoms with Crippen LogP contribution in [0.25, 0.3) is 32.7 Å². The molecule has 0 saturated heterocycles. The van der Waals surface area contributed by atoms with E-state index in [4.69, 9.17) is 8.85 Å². The first-order valence-electron chi connectivity index (χ1n) is 18.9. The van der Waals surface area contributed by atoms with Gasteiger partial charge in [-0.2, -0.15) is 23.3 Å². The number of hydrogen-bond donors (Lipinski definition) is 0. The third-order valence-electron chi connectivity index (χ3n) is 12.2. The molecule has 0 aromatic heterocycles. The van der Waals surface area contributed by atoms with Crippen molar-refractivity contribution in [2.45, 2.75) is 129 Å². The standard InChI is InChI=1S/C45H59O2Si2/c1-28(2)48(29(3)4,30(5)6)46-42-26-36-18-13-15-22-38(36)44-40(42)24-34-20-17-21-35(34)25-41-43(27-37-19-14-16-23-39(37)45(41)44)47-49(31(7)8,32(9)10)33(11)12/h13-23,26-33H,24-25H2,1-12H3/q-1. The fourth-order valence-corrected chi connectivity index (χ4v) is 20.7. The van der Waals surface area contributed by atoms with Crippen LogP contribution in [0.2, 0.25) is 33.2 Å². The van der Waals surface area contributed by atoms with Crippen molar-refractivity contribution in [3.63, 3.8) is 0 Å². The second kappa shape index (κ2) is 13.5. The molecular formula is C45H59O2Si2-. The molecule has 0 saturated carbocycles. The van der Waals surface area contributed by atoms with Crippen LogP contribution in [0.5, 0.6) is 11.5 Å². The van der Waals surface area contributed by atoms with Crippen molar-refractivity contribution in [1.82, 2.24) is 0 Å². The van der Waals surface area contributed by atoms with Gasteiger partial charge in [0.05, 0.1) is 0 Å². The van der Waals surface area contributed by atoms with Crippen LogP contribution >= 0.6 is 0 Å². The molecule has 1 aliphatic carbocycles. The maximum absolute atomic E-state index is 7.73. The average molecular weight is 688 g/mol. The number of hydrogen-bond acceptors (Lipinski definition) is 2. The largest absolute Gasteiger partial charge is 0.542 e. The zero-order chi connectivity index (χ0) is 35.4. The smallest absolute Gasteiger partial charge is 0.258 e. The van der Waals surface area contributed by atoms with Crippen molar-refractivity contribution in [2.24, 2.45) is 0 Å². The van der Waals surface area contributed by atoms with Gasteiger partial charge < -0.3 is 8.85 Å². The summed E-state index contributed by atoms with van der Waals surface area (Å²) < 4.78 is 15.5. The van der Waals surface area contributed by atoms with E-state index in [1.54, 1.807) is 0 Å². The summed E-state index contributed by atoms with van der Waals surface area (Å²) in [6.45, 7) is 28.8. The van der Waals surface area contributed by atoms with Gasteiger partial charge in [-0.15, -0.1) is 0 Å². The van der Waals surface area contributed by atoms with Crippen LogP contribution in [0.4, 0.5) is 0 Å². The van der Waals surface area contributed by atoms with Crippen LogP contribution < -0.4 is 8.85 Å². The minimum Gasteiger partial charge on any atom is -0.542 e. The van der Waals surface area contributed by atoms with E-state index in [2.05, 4.69) is 162 Å². The highest BCUT2D eigenvalue weighted by Gasteiger charge is 2.49. The normalized spacial score (nSPS) is 13.8. The lowest BCUT2D eigenvalue weighted by Crippen LogP contribution is -2.51. The van der Waals surface area contributed by atoms with E-state index in [1.807, 2.05) is 0 Å². The lowest BCUT2D eigenvalue weighted by Gasteiger charge is -2.44. The first-order valence-corrected chi connectivity index (χ1v) is 23.2. The van der Waals surface area contributed by atoms with Crippen LogP contribution in [-0.2, 0) is 12.8 Å².